The number of hydrogen-bond donors (Lipinski definition) is 2. The molecule has 1 aliphatic rings. The van der Waals surface area contributed by atoms with Crippen molar-refractivity contribution in [3.05, 3.63) is 24.3 Å². The molecule has 0 saturated carbocycles. The normalized spacial score (nSPS) is 18.3. The number of anilines is 1. The third-order valence-electron chi connectivity index (χ3n) is 3.90. The minimum absolute atomic E-state index is 0.196. The fourth-order valence-electron chi connectivity index (χ4n) is 2.21. The Morgan fingerprint density at radius 2 is 1.81 bits per heavy atom. The maximum Gasteiger partial charge on any atom is 0.243 e. The summed E-state index contributed by atoms with van der Waals surface area (Å²) < 4.78 is 26.3. The molecule has 0 aliphatic carbocycles. The predicted molar refractivity (Wildman–Crippen MR) is 81.3 cm³/mol. The van der Waals surface area contributed by atoms with Gasteiger partial charge in [0.2, 0.25) is 15.9 Å². The van der Waals surface area contributed by atoms with E-state index >= 15 is 0 Å². The van der Waals surface area contributed by atoms with Crippen molar-refractivity contribution in [1.29, 1.82) is 0 Å². The Morgan fingerprint density at radius 3 is 2.24 bits per heavy atom. The second-order valence-corrected chi connectivity index (χ2v) is 7.80. The highest BCUT2D eigenvalue weighted by Crippen LogP contribution is 2.31. The fraction of sp³-hybridized carbons (Fsp3) is 0.500. The standard InChI is InChI=1S/C14H21N3O3S/c1-10(2)14(15)8-17(9-14)21(19,20)13-6-4-12(5-7-13)16-11(3)18/h4-7,10H,8-9,15H2,1-3H3,(H,16,18). The van der Waals surface area contributed by atoms with Crippen molar-refractivity contribution >= 4 is 21.6 Å². The van der Waals surface area contributed by atoms with Gasteiger partial charge in [0.25, 0.3) is 0 Å². The third-order valence-corrected chi connectivity index (χ3v) is 5.71. The molecule has 0 radical (unpaired) electrons. The number of sulfonamides is 1. The van der Waals surface area contributed by atoms with Crippen molar-refractivity contribution in [3.8, 4) is 0 Å². The molecule has 1 aromatic rings. The van der Waals surface area contributed by atoms with Gasteiger partial charge >= 0.3 is 0 Å². The summed E-state index contributed by atoms with van der Waals surface area (Å²) in [4.78, 5) is 11.2. The number of benzene rings is 1. The van der Waals surface area contributed by atoms with Gasteiger partial charge in [-0.1, -0.05) is 13.8 Å². The largest absolute Gasteiger partial charge is 0.326 e. The fourth-order valence-corrected chi connectivity index (χ4v) is 3.81. The van der Waals surface area contributed by atoms with Gasteiger partial charge < -0.3 is 11.1 Å². The quantitative estimate of drug-likeness (QED) is 0.867. The zero-order chi connectivity index (χ0) is 15.8. The molecular weight excluding hydrogens is 290 g/mol. The second kappa shape index (κ2) is 5.40. The van der Waals surface area contributed by atoms with Crippen LogP contribution in [0, 0.1) is 5.92 Å². The van der Waals surface area contributed by atoms with Crippen molar-refractivity contribution in [2.45, 2.75) is 31.2 Å². The number of amides is 1. The van der Waals surface area contributed by atoms with Crippen LogP contribution in [0.5, 0.6) is 0 Å². The van der Waals surface area contributed by atoms with Gasteiger partial charge in [0.15, 0.2) is 0 Å². The van der Waals surface area contributed by atoms with Crippen LogP contribution in [0.4, 0.5) is 5.69 Å². The number of nitrogens with one attached hydrogen (secondary N) is 1. The molecule has 1 amide bonds. The van der Waals surface area contributed by atoms with Crippen LogP contribution in [-0.2, 0) is 14.8 Å². The molecule has 1 heterocycles. The molecule has 116 valence electrons. The highest BCUT2D eigenvalue weighted by Gasteiger charge is 2.47. The summed E-state index contributed by atoms with van der Waals surface area (Å²) in [5.41, 5.74) is 6.26. The average molecular weight is 311 g/mol. The minimum atomic E-state index is -3.51. The van der Waals surface area contributed by atoms with Gasteiger partial charge in [-0.05, 0) is 30.2 Å². The summed E-state index contributed by atoms with van der Waals surface area (Å²) in [6.07, 6.45) is 0. The lowest BCUT2D eigenvalue weighted by Gasteiger charge is -2.49. The van der Waals surface area contributed by atoms with E-state index in [4.69, 9.17) is 5.73 Å². The van der Waals surface area contributed by atoms with Gasteiger partial charge in [-0.25, -0.2) is 8.42 Å². The molecule has 2 rings (SSSR count). The summed E-state index contributed by atoms with van der Waals surface area (Å²) in [7, 11) is -3.51. The Kier molecular flexibility index (Phi) is 4.10. The van der Waals surface area contributed by atoms with E-state index in [-0.39, 0.29) is 16.7 Å². The smallest absolute Gasteiger partial charge is 0.243 e. The molecule has 6 nitrogen and oxygen atoms in total. The Morgan fingerprint density at radius 1 is 1.29 bits per heavy atom. The number of carbonyl (C=O) groups is 1. The zero-order valence-corrected chi connectivity index (χ0v) is 13.3. The van der Waals surface area contributed by atoms with Crippen molar-refractivity contribution < 1.29 is 13.2 Å². The van der Waals surface area contributed by atoms with E-state index in [2.05, 4.69) is 5.32 Å². The summed E-state index contributed by atoms with van der Waals surface area (Å²) >= 11 is 0. The number of hydrogen-bond acceptors (Lipinski definition) is 4. The highest BCUT2D eigenvalue weighted by molar-refractivity contribution is 7.89. The van der Waals surface area contributed by atoms with Gasteiger partial charge in [-0.2, -0.15) is 4.31 Å². The van der Waals surface area contributed by atoms with E-state index in [9.17, 15) is 13.2 Å². The molecule has 0 atom stereocenters. The van der Waals surface area contributed by atoms with Crippen LogP contribution in [-0.4, -0.2) is 37.3 Å². The Bertz CT molecular complexity index is 632. The van der Waals surface area contributed by atoms with Crippen LogP contribution in [0.15, 0.2) is 29.2 Å². The van der Waals surface area contributed by atoms with Gasteiger partial charge in [0.1, 0.15) is 0 Å². The van der Waals surface area contributed by atoms with E-state index in [0.717, 1.165) is 0 Å². The molecule has 0 unspecified atom stereocenters. The Balaban J connectivity index is 2.13. The van der Waals surface area contributed by atoms with E-state index in [0.29, 0.717) is 18.8 Å². The van der Waals surface area contributed by atoms with Gasteiger partial charge in [0.05, 0.1) is 4.90 Å². The first kappa shape index (κ1) is 15.9. The molecule has 0 spiro atoms. The maximum atomic E-state index is 12.4. The zero-order valence-electron chi connectivity index (χ0n) is 12.5. The Labute approximate surface area is 125 Å². The summed E-state index contributed by atoms with van der Waals surface area (Å²) in [5.74, 6) is 0.0318. The molecule has 1 saturated heterocycles. The second-order valence-electron chi connectivity index (χ2n) is 5.87. The van der Waals surface area contributed by atoms with Gasteiger partial charge in [-0.3, -0.25) is 4.79 Å². The van der Waals surface area contributed by atoms with Crippen molar-refractivity contribution in [3.63, 3.8) is 0 Å². The lowest BCUT2D eigenvalue weighted by molar-refractivity contribution is -0.114. The molecule has 0 aromatic heterocycles. The van der Waals surface area contributed by atoms with Crippen LogP contribution in [0.1, 0.15) is 20.8 Å². The lowest BCUT2D eigenvalue weighted by atomic mass is 9.82. The van der Waals surface area contributed by atoms with Crippen LogP contribution < -0.4 is 11.1 Å². The molecule has 3 N–H and O–H groups in total. The number of nitrogens with zero attached hydrogens (tertiary/aromatic N) is 1. The highest BCUT2D eigenvalue weighted by atomic mass is 32.2. The minimum Gasteiger partial charge on any atom is -0.326 e. The third kappa shape index (κ3) is 3.09. The van der Waals surface area contributed by atoms with Crippen molar-refractivity contribution in [2.75, 3.05) is 18.4 Å². The first-order valence-corrected chi connectivity index (χ1v) is 8.26. The number of rotatable bonds is 4. The van der Waals surface area contributed by atoms with Crippen LogP contribution >= 0.6 is 0 Å². The molecule has 1 aliphatic heterocycles. The SMILES string of the molecule is CC(=O)Nc1ccc(S(=O)(=O)N2CC(N)(C(C)C)C2)cc1. The molecule has 1 fully saturated rings. The number of carbonyl (C=O) groups excluding carboxylic acids is 1. The van der Waals surface area contributed by atoms with Crippen molar-refractivity contribution in [1.82, 2.24) is 4.31 Å². The summed E-state index contributed by atoms with van der Waals surface area (Å²) in [6, 6.07) is 6.14. The monoisotopic (exact) mass is 311 g/mol. The first-order chi connectivity index (χ1) is 9.65. The molecular formula is C14H21N3O3S. The van der Waals surface area contributed by atoms with E-state index < -0.39 is 15.6 Å². The molecule has 21 heavy (non-hydrogen) atoms. The van der Waals surface area contributed by atoms with Crippen LogP contribution in [0.25, 0.3) is 0 Å². The molecule has 1 aromatic carbocycles. The molecule has 7 heteroatoms. The number of nitrogens with two attached hydrogens (primary N) is 1. The maximum absolute atomic E-state index is 12.4. The van der Waals surface area contributed by atoms with E-state index in [1.807, 2.05) is 13.8 Å². The van der Waals surface area contributed by atoms with Gasteiger partial charge in [-0.15, -0.1) is 0 Å². The predicted octanol–water partition coefficient (Wildman–Crippen LogP) is 1.00. The average Bonchev–Trinajstić information content (AvgIpc) is 2.34. The molecule has 0 bridgehead atoms. The van der Waals surface area contributed by atoms with Gasteiger partial charge in [0, 0.05) is 31.2 Å². The topological polar surface area (TPSA) is 92.5 Å². The van der Waals surface area contributed by atoms with E-state index in [1.54, 1.807) is 12.1 Å². The Hall–Kier alpha value is -1.44. The summed E-state index contributed by atoms with van der Waals surface area (Å²) in [6.45, 7) is 6.05. The summed E-state index contributed by atoms with van der Waals surface area (Å²) in [5, 5.41) is 2.60. The van der Waals surface area contributed by atoms with Crippen LogP contribution in [0.3, 0.4) is 0 Å². The first-order valence-electron chi connectivity index (χ1n) is 6.82. The van der Waals surface area contributed by atoms with E-state index in [1.165, 1.54) is 23.4 Å². The van der Waals surface area contributed by atoms with Crippen molar-refractivity contribution in [2.24, 2.45) is 11.7 Å². The lowest BCUT2D eigenvalue weighted by Crippen LogP contribution is -2.70. The van der Waals surface area contributed by atoms with Crippen LogP contribution in [0.2, 0.25) is 0 Å².